The summed E-state index contributed by atoms with van der Waals surface area (Å²) in [6.45, 7) is 2.03. The third kappa shape index (κ3) is 2.24. The molecule has 0 fully saturated rings. The first-order valence-electron chi connectivity index (χ1n) is 5.68. The van der Waals surface area contributed by atoms with Crippen LogP contribution in [0.3, 0.4) is 0 Å². The summed E-state index contributed by atoms with van der Waals surface area (Å²) in [5.41, 5.74) is 3.50. The predicted octanol–water partition coefficient (Wildman–Crippen LogP) is 4.23. The molecule has 2 aromatic rings. The molecule has 0 aliphatic carbocycles. The number of aryl methyl sites for hydroxylation is 1. The molecule has 0 spiro atoms. The first kappa shape index (κ1) is 12.7. The average molecular weight is 260 g/mol. The number of benzene rings is 2. The van der Waals surface area contributed by atoms with Crippen molar-refractivity contribution < 1.29 is 4.79 Å². The smallest absolute Gasteiger partial charge is 0.152 e. The van der Waals surface area contributed by atoms with Gasteiger partial charge in [-0.3, -0.25) is 4.79 Å². The Labute approximate surface area is 112 Å². The Hall–Kier alpha value is -1.80. The first-order valence-corrected chi connectivity index (χ1v) is 6.06. The number of aldehydes is 1. The van der Waals surface area contributed by atoms with Crippen molar-refractivity contribution >= 4 is 29.3 Å². The SMILES string of the molecule is Cc1ccccc1N(C)c1c(Cl)cccc1C=O. The van der Waals surface area contributed by atoms with Crippen LogP contribution in [0.4, 0.5) is 11.4 Å². The van der Waals surface area contributed by atoms with E-state index in [2.05, 4.69) is 0 Å². The molecule has 18 heavy (non-hydrogen) atoms. The summed E-state index contributed by atoms with van der Waals surface area (Å²) >= 11 is 6.20. The van der Waals surface area contributed by atoms with E-state index in [9.17, 15) is 4.79 Å². The van der Waals surface area contributed by atoms with Crippen molar-refractivity contribution in [2.75, 3.05) is 11.9 Å². The number of carbonyl (C=O) groups is 1. The largest absolute Gasteiger partial charge is 0.343 e. The van der Waals surface area contributed by atoms with Crippen molar-refractivity contribution in [3.8, 4) is 0 Å². The number of para-hydroxylation sites is 2. The third-order valence-electron chi connectivity index (χ3n) is 2.96. The second-order valence-corrected chi connectivity index (χ2v) is 4.55. The maximum absolute atomic E-state index is 11.1. The lowest BCUT2D eigenvalue weighted by Crippen LogP contribution is -2.13. The van der Waals surface area contributed by atoms with Crippen molar-refractivity contribution in [3.05, 3.63) is 58.6 Å². The van der Waals surface area contributed by atoms with E-state index in [1.807, 2.05) is 43.1 Å². The fourth-order valence-corrected chi connectivity index (χ4v) is 2.35. The van der Waals surface area contributed by atoms with E-state index in [1.54, 1.807) is 18.2 Å². The second kappa shape index (κ2) is 5.23. The molecule has 2 nitrogen and oxygen atoms in total. The Bertz CT molecular complexity index is 580. The Morgan fingerprint density at radius 2 is 1.83 bits per heavy atom. The molecule has 0 aromatic heterocycles. The zero-order chi connectivity index (χ0) is 13.1. The van der Waals surface area contributed by atoms with Crippen molar-refractivity contribution in [1.82, 2.24) is 0 Å². The maximum Gasteiger partial charge on any atom is 0.152 e. The fraction of sp³-hybridized carbons (Fsp3) is 0.133. The monoisotopic (exact) mass is 259 g/mol. The molecule has 0 radical (unpaired) electrons. The molecule has 0 saturated heterocycles. The summed E-state index contributed by atoms with van der Waals surface area (Å²) in [4.78, 5) is 13.1. The molecule has 0 aliphatic rings. The minimum atomic E-state index is 0.574. The second-order valence-electron chi connectivity index (χ2n) is 4.14. The molecule has 2 rings (SSSR count). The molecule has 3 heteroatoms. The summed E-state index contributed by atoms with van der Waals surface area (Å²) in [7, 11) is 1.91. The van der Waals surface area contributed by atoms with E-state index in [4.69, 9.17) is 11.6 Å². The molecule has 2 aromatic carbocycles. The highest BCUT2D eigenvalue weighted by molar-refractivity contribution is 6.34. The standard InChI is InChI=1S/C15H14ClNO/c1-11-6-3-4-9-14(11)17(2)15-12(10-18)7-5-8-13(15)16/h3-10H,1-2H3. The van der Waals surface area contributed by atoms with Gasteiger partial charge in [0.2, 0.25) is 0 Å². The van der Waals surface area contributed by atoms with Crippen molar-refractivity contribution in [3.63, 3.8) is 0 Å². The van der Waals surface area contributed by atoms with Gasteiger partial charge in [0.1, 0.15) is 0 Å². The minimum Gasteiger partial charge on any atom is -0.343 e. The number of hydrogen-bond donors (Lipinski definition) is 0. The van der Waals surface area contributed by atoms with E-state index in [0.717, 1.165) is 23.2 Å². The molecule has 0 N–H and O–H groups in total. The molecule has 0 bridgehead atoms. The van der Waals surface area contributed by atoms with Crippen molar-refractivity contribution in [2.45, 2.75) is 6.92 Å². The van der Waals surface area contributed by atoms with Crippen LogP contribution in [0, 0.1) is 6.92 Å². The molecular weight excluding hydrogens is 246 g/mol. The van der Waals surface area contributed by atoms with Gasteiger partial charge in [-0.2, -0.15) is 0 Å². The molecule has 0 saturated carbocycles. The summed E-state index contributed by atoms with van der Waals surface area (Å²) in [6.07, 6.45) is 0.829. The maximum atomic E-state index is 11.1. The summed E-state index contributed by atoms with van der Waals surface area (Å²) < 4.78 is 0. The zero-order valence-corrected chi connectivity index (χ0v) is 11.1. The van der Waals surface area contributed by atoms with Gasteiger partial charge in [-0.1, -0.05) is 35.9 Å². The summed E-state index contributed by atoms with van der Waals surface area (Å²) in [5.74, 6) is 0. The molecule has 92 valence electrons. The van der Waals surface area contributed by atoms with Crippen LogP contribution in [0.1, 0.15) is 15.9 Å². The van der Waals surface area contributed by atoms with Gasteiger partial charge in [-0.15, -0.1) is 0 Å². The normalized spacial score (nSPS) is 10.2. The van der Waals surface area contributed by atoms with Gasteiger partial charge in [0, 0.05) is 18.3 Å². The molecule has 0 atom stereocenters. The number of nitrogens with zero attached hydrogens (tertiary/aromatic N) is 1. The number of hydrogen-bond acceptors (Lipinski definition) is 2. The van der Waals surface area contributed by atoms with Crippen molar-refractivity contribution in [2.24, 2.45) is 0 Å². The van der Waals surface area contributed by atoms with Crippen LogP contribution < -0.4 is 4.90 Å². The van der Waals surface area contributed by atoms with Gasteiger partial charge in [-0.05, 0) is 30.7 Å². The van der Waals surface area contributed by atoms with E-state index >= 15 is 0 Å². The Kier molecular flexibility index (Phi) is 3.68. The van der Waals surface area contributed by atoms with E-state index in [0.29, 0.717) is 10.6 Å². The Balaban J connectivity index is 2.56. The lowest BCUT2D eigenvalue weighted by Gasteiger charge is -2.24. The number of rotatable bonds is 3. The topological polar surface area (TPSA) is 20.3 Å². The number of halogens is 1. The van der Waals surface area contributed by atoms with Gasteiger partial charge >= 0.3 is 0 Å². The molecule has 0 aliphatic heterocycles. The van der Waals surface area contributed by atoms with Crippen LogP contribution >= 0.6 is 11.6 Å². The van der Waals surface area contributed by atoms with E-state index in [-0.39, 0.29) is 0 Å². The third-order valence-corrected chi connectivity index (χ3v) is 3.26. The number of anilines is 2. The zero-order valence-electron chi connectivity index (χ0n) is 10.4. The molecule has 0 amide bonds. The highest BCUT2D eigenvalue weighted by Crippen LogP contribution is 2.34. The van der Waals surface area contributed by atoms with Crippen LogP contribution in [0.2, 0.25) is 5.02 Å². The molecular formula is C15H14ClNO. The lowest BCUT2D eigenvalue weighted by atomic mass is 10.1. The van der Waals surface area contributed by atoms with Gasteiger partial charge in [0.05, 0.1) is 10.7 Å². The van der Waals surface area contributed by atoms with Gasteiger partial charge in [-0.25, -0.2) is 0 Å². The lowest BCUT2D eigenvalue weighted by molar-refractivity contribution is 0.112. The van der Waals surface area contributed by atoms with Crippen LogP contribution in [0.5, 0.6) is 0 Å². The molecule has 0 heterocycles. The number of carbonyl (C=O) groups excluding carboxylic acids is 1. The predicted molar refractivity (Wildman–Crippen MR) is 76.1 cm³/mol. The Morgan fingerprint density at radius 3 is 2.50 bits per heavy atom. The van der Waals surface area contributed by atoms with Crippen LogP contribution in [0.15, 0.2) is 42.5 Å². The van der Waals surface area contributed by atoms with Gasteiger partial charge < -0.3 is 4.90 Å². The van der Waals surface area contributed by atoms with Crippen LogP contribution in [-0.2, 0) is 0 Å². The molecule has 0 unspecified atom stereocenters. The van der Waals surface area contributed by atoms with Gasteiger partial charge in [0.15, 0.2) is 6.29 Å². The quantitative estimate of drug-likeness (QED) is 0.769. The van der Waals surface area contributed by atoms with Crippen LogP contribution in [0.25, 0.3) is 0 Å². The van der Waals surface area contributed by atoms with Gasteiger partial charge in [0.25, 0.3) is 0 Å². The Morgan fingerprint density at radius 1 is 1.11 bits per heavy atom. The fourth-order valence-electron chi connectivity index (χ4n) is 2.04. The van der Waals surface area contributed by atoms with Crippen molar-refractivity contribution in [1.29, 1.82) is 0 Å². The summed E-state index contributed by atoms with van der Waals surface area (Å²) in [5, 5.41) is 0.574. The highest BCUT2D eigenvalue weighted by atomic mass is 35.5. The highest BCUT2D eigenvalue weighted by Gasteiger charge is 2.13. The van der Waals surface area contributed by atoms with E-state index in [1.165, 1.54) is 0 Å². The summed E-state index contributed by atoms with van der Waals surface area (Å²) in [6, 6.07) is 13.3. The minimum absolute atomic E-state index is 0.574. The van der Waals surface area contributed by atoms with Crippen LogP contribution in [-0.4, -0.2) is 13.3 Å². The van der Waals surface area contributed by atoms with E-state index < -0.39 is 0 Å². The first-order chi connectivity index (χ1) is 8.65. The average Bonchev–Trinajstić information content (AvgIpc) is 2.38.